The van der Waals surface area contributed by atoms with Gasteiger partial charge in [0.1, 0.15) is 5.78 Å². The van der Waals surface area contributed by atoms with E-state index < -0.39 is 0 Å². The van der Waals surface area contributed by atoms with Crippen molar-refractivity contribution in [2.45, 2.75) is 68.5 Å². The first-order chi connectivity index (χ1) is 11.1. The van der Waals surface area contributed by atoms with Gasteiger partial charge in [0, 0.05) is 38.5 Å². The molecule has 0 N–H and O–H groups in total. The molecule has 3 aliphatic heterocycles. The second-order valence-corrected chi connectivity index (χ2v) is 7.23. The number of rotatable bonds is 0. The van der Waals surface area contributed by atoms with Crippen molar-refractivity contribution in [2.75, 3.05) is 33.0 Å². The maximum absolute atomic E-state index is 10.9. The molecule has 0 bridgehead atoms. The van der Waals surface area contributed by atoms with E-state index in [4.69, 9.17) is 23.7 Å². The second-order valence-electron chi connectivity index (χ2n) is 7.23. The molecule has 0 unspecified atom stereocenters. The average Bonchev–Trinajstić information content (AvgIpc) is 2.99. The molecule has 2 aliphatic carbocycles. The third kappa shape index (κ3) is 3.46. The van der Waals surface area contributed by atoms with Crippen LogP contribution in [0.25, 0.3) is 0 Å². The molecule has 3 heterocycles. The van der Waals surface area contributed by atoms with Crippen molar-refractivity contribution in [1.82, 2.24) is 0 Å². The molecule has 0 atom stereocenters. The molecular weight excluding hydrogens is 300 g/mol. The summed E-state index contributed by atoms with van der Waals surface area (Å²) in [5, 5.41) is 0. The van der Waals surface area contributed by atoms with Crippen LogP contribution in [-0.4, -0.2) is 56.0 Å². The zero-order chi connectivity index (χ0) is 15.8. The van der Waals surface area contributed by atoms with Crippen LogP contribution >= 0.6 is 0 Å². The molecule has 6 nitrogen and oxygen atoms in total. The highest BCUT2D eigenvalue weighted by Crippen LogP contribution is 2.47. The average molecular weight is 326 g/mol. The number of ketones is 1. The summed E-state index contributed by atoms with van der Waals surface area (Å²) in [6, 6.07) is 0. The summed E-state index contributed by atoms with van der Waals surface area (Å²) < 4.78 is 27.6. The fourth-order valence-corrected chi connectivity index (χ4v) is 3.96. The molecule has 3 spiro atoms. The lowest BCUT2D eigenvalue weighted by Crippen LogP contribution is -2.38. The summed E-state index contributed by atoms with van der Waals surface area (Å²) in [4.78, 5) is 10.9. The highest BCUT2D eigenvalue weighted by molar-refractivity contribution is 5.79. The SMILES string of the molecule is C1COC2(CCC3(CC2)CO3)O1.O=C1CCC2(CC1)OCCO2. The summed E-state index contributed by atoms with van der Waals surface area (Å²) in [6.07, 6.45) is 7.04. The Bertz CT molecular complexity index is 422. The van der Waals surface area contributed by atoms with Gasteiger partial charge in [0.25, 0.3) is 0 Å². The lowest BCUT2D eigenvalue weighted by molar-refractivity contribution is -0.183. The molecule has 5 rings (SSSR count). The maximum atomic E-state index is 10.9. The minimum atomic E-state index is -0.367. The van der Waals surface area contributed by atoms with E-state index in [2.05, 4.69) is 0 Å². The van der Waals surface area contributed by atoms with E-state index in [1.54, 1.807) is 0 Å². The molecule has 5 aliphatic rings. The van der Waals surface area contributed by atoms with E-state index in [9.17, 15) is 4.79 Å². The molecule has 23 heavy (non-hydrogen) atoms. The number of ether oxygens (including phenoxy) is 5. The van der Waals surface area contributed by atoms with E-state index in [1.807, 2.05) is 0 Å². The number of Topliss-reactive ketones (excluding diaryl/α,β-unsaturated/α-hetero) is 1. The van der Waals surface area contributed by atoms with Crippen LogP contribution in [0, 0.1) is 0 Å². The van der Waals surface area contributed by atoms with Gasteiger partial charge in [-0.05, 0) is 12.8 Å². The predicted molar refractivity (Wildman–Crippen MR) is 79.9 cm³/mol. The van der Waals surface area contributed by atoms with Crippen molar-refractivity contribution in [1.29, 1.82) is 0 Å². The van der Waals surface area contributed by atoms with Crippen molar-refractivity contribution in [3.05, 3.63) is 0 Å². The van der Waals surface area contributed by atoms with Crippen LogP contribution in [0.5, 0.6) is 0 Å². The number of hydrogen-bond donors (Lipinski definition) is 0. The van der Waals surface area contributed by atoms with E-state index >= 15 is 0 Å². The van der Waals surface area contributed by atoms with Gasteiger partial charge in [-0.1, -0.05) is 0 Å². The summed E-state index contributed by atoms with van der Waals surface area (Å²) in [6.45, 7) is 3.88. The second kappa shape index (κ2) is 6.08. The molecule has 0 aromatic heterocycles. The molecule has 0 amide bonds. The van der Waals surface area contributed by atoms with Crippen LogP contribution in [-0.2, 0) is 28.5 Å². The Morgan fingerprint density at radius 3 is 1.48 bits per heavy atom. The Morgan fingerprint density at radius 2 is 1.04 bits per heavy atom. The fraction of sp³-hybridized carbons (Fsp3) is 0.941. The first-order valence-corrected chi connectivity index (χ1v) is 8.85. The topological polar surface area (TPSA) is 66.5 Å². The Labute approximate surface area is 136 Å². The first-order valence-electron chi connectivity index (χ1n) is 8.85. The van der Waals surface area contributed by atoms with Crippen LogP contribution in [0.15, 0.2) is 0 Å². The Balaban J connectivity index is 0.000000118. The fourth-order valence-electron chi connectivity index (χ4n) is 3.96. The zero-order valence-corrected chi connectivity index (χ0v) is 13.6. The van der Waals surface area contributed by atoms with E-state index in [-0.39, 0.29) is 17.2 Å². The predicted octanol–water partition coefficient (Wildman–Crippen LogP) is 1.95. The number of hydrogen-bond acceptors (Lipinski definition) is 6. The van der Waals surface area contributed by atoms with Gasteiger partial charge in [-0.15, -0.1) is 0 Å². The van der Waals surface area contributed by atoms with Crippen LogP contribution in [0.2, 0.25) is 0 Å². The van der Waals surface area contributed by atoms with Crippen LogP contribution in [0.4, 0.5) is 0 Å². The lowest BCUT2D eigenvalue weighted by atomic mass is 9.85. The number of carbonyl (C=O) groups is 1. The van der Waals surface area contributed by atoms with Gasteiger partial charge in [0.15, 0.2) is 11.6 Å². The van der Waals surface area contributed by atoms with E-state index in [0.717, 1.165) is 58.3 Å². The third-order valence-electron chi connectivity index (χ3n) is 5.67. The maximum Gasteiger partial charge on any atom is 0.169 e. The van der Waals surface area contributed by atoms with Crippen molar-refractivity contribution in [3.8, 4) is 0 Å². The van der Waals surface area contributed by atoms with Gasteiger partial charge >= 0.3 is 0 Å². The van der Waals surface area contributed by atoms with Crippen molar-refractivity contribution < 1.29 is 28.5 Å². The van der Waals surface area contributed by atoms with Gasteiger partial charge < -0.3 is 23.7 Å². The molecule has 2 saturated carbocycles. The Kier molecular flexibility index (Phi) is 4.22. The molecule has 3 saturated heterocycles. The smallest absolute Gasteiger partial charge is 0.169 e. The molecule has 130 valence electrons. The highest BCUT2D eigenvalue weighted by Gasteiger charge is 2.53. The first kappa shape index (κ1) is 16.0. The van der Waals surface area contributed by atoms with Crippen molar-refractivity contribution in [2.24, 2.45) is 0 Å². The standard InChI is InChI=1S/C9H14O3.C8H12O3/c1-3-9(10-5-6-11-9)4-2-8(1)7-12-8;9-7-1-3-8(4-2-7)10-5-6-11-8/h1-7H2;1-6H2. The summed E-state index contributed by atoms with van der Waals surface area (Å²) in [7, 11) is 0. The minimum absolute atomic E-state index is 0.211. The quantitative estimate of drug-likeness (QED) is 0.634. The molecule has 0 radical (unpaired) electrons. The number of epoxide rings is 1. The van der Waals surface area contributed by atoms with Gasteiger partial charge in [0.05, 0.1) is 38.6 Å². The van der Waals surface area contributed by atoms with Crippen LogP contribution in [0.1, 0.15) is 51.4 Å². The summed E-state index contributed by atoms with van der Waals surface area (Å²) >= 11 is 0. The van der Waals surface area contributed by atoms with E-state index in [1.165, 1.54) is 0 Å². The zero-order valence-electron chi connectivity index (χ0n) is 13.6. The normalized spacial score (nSPS) is 33.0. The van der Waals surface area contributed by atoms with Crippen molar-refractivity contribution in [3.63, 3.8) is 0 Å². The number of carbonyl (C=O) groups excluding carboxylic acids is 1. The summed E-state index contributed by atoms with van der Waals surface area (Å²) in [5.74, 6) is -0.236. The van der Waals surface area contributed by atoms with Gasteiger partial charge in [0.2, 0.25) is 0 Å². The molecule has 5 fully saturated rings. The molecule has 6 heteroatoms. The Morgan fingerprint density at radius 1 is 0.609 bits per heavy atom. The highest BCUT2D eigenvalue weighted by atomic mass is 16.7. The monoisotopic (exact) mass is 326 g/mol. The van der Waals surface area contributed by atoms with Gasteiger partial charge in [-0.2, -0.15) is 0 Å². The lowest BCUT2D eigenvalue weighted by Gasteiger charge is -2.33. The van der Waals surface area contributed by atoms with Gasteiger partial charge in [-0.25, -0.2) is 0 Å². The Hall–Kier alpha value is -0.530. The summed E-state index contributed by atoms with van der Waals surface area (Å²) in [5.41, 5.74) is 0.251. The molecule has 0 aromatic carbocycles. The van der Waals surface area contributed by atoms with Gasteiger partial charge in [-0.3, -0.25) is 4.79 Å². The molecule has 0 aromatic rings. The van der Waals surface area contributed by atoms with Crippen molar-refractivity contribution >= 4 is 5.78 Å². The van der Waals surface area contributed by atoms with Crippen LogP contribution < -0.4 is 0 Å². The largest absolute Gasteiger partial charge is 0.370 e. The molecular formula is C17H26O6. The third-order valence-corrected chi connectivity index (χ3v) is 5.67. The van der Waals surface area contributed by atoms with Crippen LogP contribution in [0.3, 0.4) is 0 Å². The van der Waals surface area contributed by atoms with E-state index in [0.29, 0.717) is 31.8 Å². The minimum Gasteiger partial charge on any atom is -0.370 e.